The van der Waals surface area contributed by atoms with Gasteiger partial charge in [-0.15, -0.1) is 0 Å². The molecule has 0 aromatic carbocycles. The molecule has 0 saturated heterocycles. The molecule has 0 aliphatic heterocycles. The number of carbonyl (C=O) groups excluding carboxylic acids is 1. The molecule has 2 aliphatic rings. The molecule has 0 aromatic rings. The first-order chi connectivity index (χ1) is 11.0. The summed E-state index contributed by atoms with van der Waals surface area (Å²) in [6.45, 7) is 8.60. The van der Waals surface area contributed by atoms with Crippen LogP contribution in [0.2, 0.25) is 0 Å². The predicted octanol–water partition coefficient (Wildman–Crippen LogP) is 6.78. The van der Waals surface area contributed by atoms with Crippen molar-refractivity contribution in [3.05, 3.63) is 22.8 Å². The third kappa shape index (κ3) is 3.98. The van der Waals surface area contributed by atoms with Gasteiger partial charge in [-0.1, -0.05) is 51.2 Å². The molecule has 1 heteroatoms. The molecule has 130 valence electrons. The van der Waals surface area contributed by atoms with E-state index in [1.165, 1.54) is 69.8 Å². The Labute approximate surface area is 143 Å². The monoisotopic (exact) mass is 316 g/mol. The molecular formula is C22H36O. The van der Waals surface area contributed by atoms with Crippen LogP contribution < -0.4 is 0 Å². The lowest BCUT2D eigenvalue weighted by atomic mass is 9.63. The van der Waals surface area contributed by atoms with Crippen molar-refractivity contribution in [3.8, 4) is 0 Å². The maximum atomic E-state index is 12.7. The normalized spacial score (nSPS) is 30.0. The zero-order valence-corrected chi connectivity index (χ0v) is 15.8. The fraction of sp³-hybridized carbons (Fsp3) is 0.773. The Bertz CT molecular complexity index is 480. The van der Waals surface area contributed by atoms with Crippen LogP contribution >= 0.6 is 0 Å². The lowest BCUT2D eigenvalue weighted by molar-refractivity contribution is -0.127. The van der Waals surface area contributed by atoms with Crippen LogP contribution in [0.5, 0.6) is 0 Å². The fourth-order valence-corrected chi connectivity index (χ4v) is 4.96. The van der Waals surface area contributed by atoms with Gasteiger partial charge in [0.1, 0.15) is 5.78 Å². The quantitative estimate of drug-likeness (QED) is 0.561. The van der Waals surface area contributed by atoms with Crippen LogP contribution in [0, 0.1) is 11.3 Å². The van der Waals surface area contributed by atoms with Gasteiger partial charge in [0.05, 0.1) is 5.41 Å². The first-order valence-corrected chi connectivity index (χ1v) is 9.91. The third-order valence-electron chi connectivity index (χ3n) is 6.41. The van der Waals surface area contributed by atoms with Gasteiger partial charge in [-0.25, -0.2) is 0 Å². The zero-order chi connectivity index (χ0) is 16.9. The molecule has 0 radical (unpaired) electrons. The van der Waals surface area contributed by atoms with E-state index in [1.54, 1.807) is 11.1 Å². The summed E-state index contributed by atoms with van der Waals surface area (Å²) < 4.78 is 0. The standard InChI is InChI=1S/C22H36O/c1-17(2)22(19(4)23)16-12-8-11-15-21(18(22)3)20-13-9-6-5-7-10-14-20/h13,17H,5-12,14-16H2,1-4H3/b20-13+,21-18?. The van der Waals surface area contributed by atoms with Crippen molar-refractivity contribution in [1.82, 2.24) is 0 Å². The summed E-state index contributed by atoms with van der Waals surface area (Å²) >= 11 is 0. The summed E-state index contributed by atoms with van der Waals surface area (Å²) in [6, 6.07) is 0. The maximum absolute atomic E-state index is 12.7. The highest BCUT2D eigenvalue weighted by atomic mass is 16.1. The average molecular weight is 317 g/mol. The SMILES string of the molecule is CC(=O)C1(C(C)C)CCCCCC(/C2=C/CCCCCC2)=C1C. The summed E-state index contributed by atoms with van der Waals surface area (Å²) in [5, 5.41) is 0. The van der Waals surface area contributed by atoms with Gasteiger partial charge in [0.25, 0.3) is 0 Å². The van der Waals surface area contributed by atoms with Gasteiger partial charge in [-0.3, -0.25) is 4.79 Å². The number of carbonyl (C=O) groups is 1. The number of allylic oxidation sites excluding steroid dienone is 4. The molecular weight excluding hydrogens is 280 g/mol. The summed E-state index contributed by atoms with van der Waals surface area (Å²) in [7, 11) is 0. The Balaban J connectivity index is 2.50. The lowest BCUT2D eigenvalue weighted by Gasteiger charge is -2.40. The number of hydrogen-bond acceptors (Lipinski definition) is 1. The van der Waals surface area contributed by atoms with Crippen molar-refractivity contribution >= 4 is 5.78 Å². The topological polar surface area (TPSA) is 17.1 Å². The van der Waals surface area contributed by atoms with Gasteiger partial charge in [0.2, 0.25) is 0 Å². The Morgan fingerprint density at radius 1 is 1.00 bits per heavy atom. The first kappa shape index (κ1) is 18.5. The van der Waals surface area contributed by atoms with Crippen LogP contribution in [0.4, 0.5) is 0 Å². The van der Waals surface area contributed by atoms with E-state index < -0.39 is 0 Å². The van der Waals surface area contributed by atoms with Crippen LogP contribution in [0.3, 0.4) is 0 Å². The summed E-state index contributed by atoms with van der Waals surface area (Å²) in [4.78, 5) is 12.7. The minimum Gasteiger partial charge on any atom is -0.299 e. The Morgan fingerprint density at radius 2 is 1.65 bits per heavy atom. The average Bonchev–Trinajstić information content (AvgIpc) is 2.44. The lowest BCUT2D eigenvalue weighted by Crippen LogP contribution is -2.37. The van der Waals surface area contributed by atoms with E-state index in [4.69, 9.17) is 0 Å². The highest BCUT2D eigenvalue weighted by molar-refractivity contribution is 5.86. The Hall–Kier alpha value is -0.850. The maximum Gasteiger partial charge on any atom is 0.140 e. The van der Waals surface area contributed by atoms with Crippen LogP contribution in [-0.2, 0) is 4.79 Å². The molecule has 0 bridgehead atoms. The second kappa shape index (κ2) is 8.31. The second-order valence-corrected chi connectivity index (χ2v) is 8.03. The highest BCUT2D eigenvalue weighted by Gasteiger charge is 2.41. The van der Waals surface area contributed by atoms with Crippen molar-refractivity contribution in [2.45, 2.75) is 98.3 Å². The molecule has 1 nitrogen and oxygen atoms in total. The summed E-state index contributed by atoms with van der Waals surface area (Å²) in [6.07, 6.45) is 16.3. The van der Waals surface area contributed by atoms with E-state index >= 15 is 0 Å². The van der Waals surface area contributed by atoms with Crippen molar-refractivity contribution in [3.63, 3.8) is 0 Å². The molecule has 2 aliphatic carbocycles. The number of rotatable bonds is 3. The predicted molar refractivity (Wildman–Crippen MR) is 99.5 cm³/mol. The molecule has 1 unspecified atom stereocenters. The second-order valence-electron chi connectivity index (χ2n) is 8.03. The number of Topliss-reactive ketones (excluding diaryl/α,β-unsaturated/α-hetero) is 1. The van der Waals surface area contributed by atoms with E-state index in [1.807, 2.05) is 6.92 Å². The van der Waals surface area contributed by atoms with Crippen molar-refractivity contribution in [2.24, 2.45) is 11.3 Å². The van der Waals surface area contributed by atoms with Crippen LogP contribution in [0.1, 0.15) is 98.3 Å². The van der Waals surface area contributed by atoms with Gasteiger partial charge in [-0.2, -0.15) is 0 Å². The first-order valence-electron chi connectivity index (χ1n) is 9.91. The minimum absolute atomic E-state index is 0.223. The smallest absolute Gasteiger partial charge is 0.140 e. The summed E-state index contributed by atoms with van der Waals surface area (Å²) in [5.41, 5.74) is 4.32. The molecule has 0 amide bonds. The molecule has 0 aromatic heterocycles. The summed E-state index contributed by atoms with van der Waals surface area (Å²) in [5.74, 6) is 0.776. The van der Waals surface area contributed by atoms with E-state index in [9.17, 15) is 4.79 Å². The Kier molecular flexibility index (Phi) is 6.68. The van der Waals surface area contributed by atoms with Crippen LogP contribution in [-0.4, -0.2) is 5.78 Å². The largest absolute Gasteiger partial charge is 0.299 e. The molecule has 0 spiro atoms. The third-order valence-corrected chi connectivity index (χ3v) is 6.41. The Morgan fingerprint density at radius 3 is 2.35 bits per heavy atom. The van der Waals surface area contributed by atoms with E-state index in [2.05, 4.69) is 26.8 Å². The van der Waals surface area contributed by atoms with Crippen molar-refractivity contribution < 1.29 is 4.79 Å². The van der Waals surface area contributed by atoms with E-state index in [0.29, 0.717) is 11.7 Å². The molecule has 0 N–H and O–H groups in total. The van der Waals surface area contributed by atoms with Gasteiger partial charge < -0.3 is 0 Å². The molecule has 23 heavy (non-hydrogen) atoms. The van der Waals surface area contributed by atoms with Gasteiger partial charge in [0.15, 0.2) is 0 Å². The fourth-order valence-electron chi connectivity index (χ4n) is 4.96. The zero-order valence-electron chi connectivity index (χ0n) is 15.8. The molecule has 0 heterocycles. The van der Waals surface area contributed by atoms with Gasteiger partial charge >= 0.3 is 0 Å². The highest BCUT2D eigenvalue weighted by Crippen LogP contribution is 2.47. The van der Waals surface area contributed by atoms with Crippen molar-refractivity contribution in [2.75, 3.05) is 0 Å². The van der Waals surface area contributed by atoms with Crippen LogP contribution in [0.15, 0.2) is 22.8 Å². The molecule has 1 atom stereocenters. The van der Waals surface area contributed by atoms with Gasteiger partial charge in [-0.05, 0) is 75.9 Å². The number of ketones is 1. The van der Waals surface area contributed by atoms with E-state index in [-0.39, 0.29) is 5.41 Å². The van der Waals surface area contributed by atoms with Gasteiger partial charge in [0, 0.05) is 0 Å². The minimum atomic E-state index is -0.223. The molecule has 0 fully saturated rings. The molecule has 2 rings (SSSR count). The van der Waals surface area contributed by atoms with Crippen molar-refractivity contribution in [1.29, 1.82) is 0 Å². The van der Waals surface area contributed by atoms with Crippen LogP contribution in [0.25, 0.3) is 0 Å². The molecule has 0 saturated carbocycles. The number of hydrogen-bond donors (Lipinski definition) is 0. The van der Waals surface area contributed by atoms with E-state index in [0.717, 1.165) is 6.42 Å².